The summed E-state index contributed by atoms with van der Waals surface area (Å²) >= 11 is 0. The summed E-state index contributed by atoms with van der Waals surface area (Å²) in [5, 5.41) is 5.82. The lowest BCUT2D eigenvalue weighted by molar-refractivity contribution is -0.115. The number of anilines is 1. The second-order valence-electron chi connectivity index (χ2n) is 5.11. The Bertz CT molecular complexity index is 472. The molecule has 0 fully saturated rings. The summed E-state index contributed by atoms with van der Waals surface area (Å²) < 4.78 is 5.12. The van der Waals surface area contributed by atoms with Crippen LogP contribution in [0.1, 0.15) is 44.0 Å². The molecular formula is C16H24N2O3. The first-order valence-electron chi connectivity index (χ1n) is 7.34. The molecule has 0 saturated carbocycles. The van der Waals surface area contributed by atoms with Gasteiger partial charge in [0.25, 0.3) is 0 Å². The van der Waals surface area contributed by atoms with Crippen LogP contribution in [0.15, 0.2) is 24.3 Å². The van der Waals surface area contributed by atoms with Crippen molar-refractivity contribution >= 4 is 17.6 Å². The zero-order valence-electron chi connectivity index (χ0n) is 12.9. The minimum atomic E-state index is -0.387. The van der Waals surface area contributed by atoms with Crippen molar-refractivity contribution in [3.63, 3.8) is 0 Å². The van der Waals surface area contributed by atoms with Gasteiger partial charge in [-0.15, -0.1) is 0 Å². The van der Waals surface area contributed by atoms with Crippen LogP contribution in [-0.4, -0.2) is 31.1 Å². The third-order valence-electron chi connectivity index (χ3n) is 2.72. The monoisotopic (exact) mass is 292 g/mol. The van der Waals surface area contributed by atoms with E-state index in [0.717, 1.165) is 19.4 Å². The van der Waals surface area contributed by atoms with Crippen LogP contribution < -0.4 is 10.6 Å². The Kier molecular flexibility index (Phi) is 7.46. The van der Waals surface area contributed by atoms with Crippen LogP contribution >= 0.6 is 0 Å². The van der Waals surface area contributed by atoms with Crippen LogP contribution in [0.25, 0.3) is 0 Å². The molecule has 0 aliphatic heterocycles. The molecule has 0 bridgehead atoms. The highest BCUT2D eigenvalue weighted by molar-refractivity contribution is 5.95. The van der Waals surface area contributed by atoms with E-state index in [9.17, 15) is 9.59 Å². The highest BCUT2D eigenvalue weighted by Crippen LogP contribution is 2.12. The SMILES string of the molecule is CCCCNCC(=O)Nc1cccc(C(=O)OC(C)C)c1. The third-order valence-corrected chi connectivity index (χ3v) is 2.72. The smallest absolute Gasteiger partial charge is 0.338 e. The Balaban J connectivity index is 2.52. The molecule has 5 heteroatoms. The number of amides is 1. The number of carbonyl (C=O) groups excluding carboxylic acids is 2. The Morgan fingerprint density at radius 1 is 1.29 bits per heavy atom. The molecule has 0 aliphatic rings. The molecule has 0 aromatic heterocycles. The molecule has 0 heterocycles. The Morgan fingerprint density at radius 2 is 2.05 bits per heavy atom. The Labute approximate surface area is 126 Å². The maximum absolute atomic E-state index is 11.8. The second kappa shape index (κ2) is 9.13. The second-order valence-corrected chi connectivity index (χ2v) is 5.11. The minimum absolute atomic E-state index is 0.125. The normalized spacial score (nSPS) is 10.5. The molecule has 5 nitrogen and oxygen atoms in total. The van der Waals surface area contributed by atoms with Crippen LogP contribution in [0, 0.1) is 0 Å². The average Bonchev–Trinajstić information content (AvgIpc) is 2.43. The summed E-state index contributed by atoms with van der Waals surface area (Å²) in [5.41, 5.74) is 1.02. The number of esters is 1. The topological polar surface area (TPSA) is 67.4 Å². The van der Waals surface area contributed by atoms with E-state index in [2.05, 4.69) is 17.6 Å². The minimum Gasteiger partial charge on any atom is -0.459 e. The molecule has 1 aromatic rings. The summed E-state index contributed by atoms with van der Waals surface area (Å²) in [4.78, 5) is 23.5. The standard InChI is InChI=1S/C16H24N2O3/c1-4-5-9-17-11-15(19)18-14-8-6-7-13(10-14)16(20)21-12(2)3/h6-8,10,12,17H,4-5,9,11H2,1-3H3,(H,18,19). The molecule has 1 rings (SSSR count). The van der Waals surface area contributed by atoms with E-state index in [1.165, 1.54) is 0 Å². The van der Waals surface area contributed by atoms with Gasteiger partial charge in [-0.2, -0.15) is 0 Å². The third kappa shape index (κ3) is 6.90. The number of rotatable bonds is 8. The van der Waals surface area contributed by atoms with Gasteiger partial charge in [0.15, 0.2) is 0 Å². The molecule has 0 unspecified atom stereocenters. The van der Waals surface area contributed by atoms with Crippen molar-refractivity contribution in [3.05, 3.63) is 29.8 Å². The zero-order chi connectivity index (χ0) is 15.7. The molecule has 21 heavy (non-hydrogen) atoms. The summed E-state index contributed by atoms with van der Waals surface area (Å²) in [6.07, 6.45) is 1.97. The molecule has 2 N–H and O–H groups in total. The van der Waals surface area contributed by atoms with E-state index in [0.29, 0.717) is 11.3 Å². The van der Waals surface area contributed by atoms with Gasteiger partial charge in [0.1, 0.15) is 0 Å². The molecule has 0 saturated heterocycles. The number of ether oxygens (including phenoxy) is 1. The van der Waals surface area contributed by atoms with Crippen LogP contribution in [0.3, 0.4) is 0 Å². The molecular weight excluding hydrogens is 268 g/mol. The predicted octanol–water partition coefficient (Wildman–Crippen LogP) is 2.58. The maximum Gasteiger partial charge on any atom is 0.338 e. The highest BCUT2D eigenvalue weighted by Gasteiger charge is 2.10. The van der Waals surface area contributed by atoms with E-state index < -0.39 is 0 Å². The quantitative estimate of drug-likeness (QED) is 0.571. The van der Waals surface area contributed by atoms with Gasteiger partial charge < -0.3 is 15.4 Å². The van der Waals surface area contributed by atoms with E-state index in [-0.39, 0.29) is 24.5 Å². The van der Waals surface area contributed by atoms with Crippen molar-refractivity contribution < 1.29 is 14.3 Å². The fraction of sp³-hybridized carbons (Fsp3) is 0.500. The fourth-order valence-electron chi connectivity index (χ4n) is 1.71. The van der Waals surface area contributed by atoms with Crippen molar-refractivity contribution in [3.8, 4) is 0 Å². The van der Waals surface area contributed by atoms with Gasteiger partial charge in [0.05, 0.1) is 18.2 Å². The van der Waals surface area contributed by atoms with Crippen molar-refractivity contribution in [2.24, 2.45) is 0 Å². The van der Waals surface area contributed by atoms with Crippen LogP contribution in [-0.2, 0) is 9.53 Å². The van der Waals surface area contributed by atoms with Crippen molar-refractivity contribution in [1.82, 2.24) is 5.32 Å². The van der Waals surface area contributed by atoms with Gasteiger partial charge >= 0.3 is 5.97 Å². The molecule has 116 valence electrons. The zero-order valence-corrected chi connectivity index (χ0v) is 12.9. The average molecular weight is 292 g/mol. The number of nitrogens with one attached hydrogen (secondary N) is 2. The van der Waals surface area contributed by atoms with Crippen LogP contribution in [0.4, 0.5) is 5.69 Å². The lowest BCUT2D eigenvalue weighted by atomic mass is 10.2. The first-order valence-corrected chi connectivity index (χ1v) is 7.34. The summed E-state index contributed by atoms with van der Waals surface area (Å²) in [6.45, 7) is 6.78. The van der Waals surface area contributed by atoms with Gasteiger partial charge in [-0.3, -0.25) is 4.79 Å². The van der Waals surface area contributed by atoms with Crippen molar-refractivity contribution in [2.45, 2.75) is 39.7 Å². The van der Waals surface area contributed by atoms with Crippen molar-refractivity contribution in [1.29, 1.82) is 0 Å². The number of hydrogen-bond acceptors (Lipinski definition) is 4. The molecule has 1 amide bonds. The first-order chi connectivity index (χ1) is 10.0. The largest absolute Gasteiger partial charge is 0.459 e. The highest BCUT2D eigenvalue weighted by atomic mass is 16.5. The van der Waals surface area contributed by atoms with Gasteiger partial charge in [-0.25, -0.2) is 4.79 Å². The van der Waals surface area contributed by atoms with Crippen molar-refractivity contribution in [2.75, 3.05) is 18.4 Å². The van der Waals surface area contributed by atoms with Gasteiger partial charge in [0, 0.05) is 5.69 Å². The van der Waals surface area contributed by atoms with E-state index in [1.807, 2.05) is 0 Å². The summed E-state index contributed by atoms with van der Waals surface area (Å²) in [6, 6.07) is 6.75. The number of unbranched alkanes of at least 4 members (excludes halogenated alkanes) is 1. The van der Waals surface area contributed by atoms with E-state index in [4.69, 9.17) is 4.74 Å². The maximum atomic E-state index is 11.8. The number of carbonyl (C=O) groups is 2. The van der Waals surface area contributed by atoms with Gasteiger partial charge in [-0.05, 0) is 45.0 Å². The molecule has 1 aromatic carbocycles. The Hall–Kier alpha value is -1.88. The fourth-order valence-corrected chi connectivity index (χ4v) is 1.71. The van der Waals surface area contributed by atoms with E-state index >= 15 is 0 Å². The lowest BCUT2D eigenvalue weighted by Gasteiger charge is -2.10. The van der Waals surface area contributed by atoms with E-state index in [1.54, 1.807) is 38.1 Å². The number of benzene rings is 1. The van der Waals surface area contributed by atoms with Crippen LogP contribution in [0.2, 0.25) is 0 Å². The summed E-state index contributed by atoms with van der Waals surface area (Å²) in [7, 11) is 0. The van der Waals surface area contributed by atoms with Crippen LogP contribution in [0.5, 0.6) is 0 Å². The predicted molar refractivity (Wildman–Crippen MR) is 83.4 cm³/mol. The number of hydrogen-bond donors (Lipinski definition) is 2. The summed E-state index contributed by atoms with van der Waals surface area (Å²) in [5.74, 6) is -0.511. The Morgan fingerprint density at radius 3 is 2.71 bits per heavy atom. The molecule has 0 spiro atoms. The first kappa shape index (κ1) is 17.2. The van der Waals surface area contributed by atoms with Gasteiger partial charge in [0.2, 0.25) is 5.91 Å². The lowest BCUT2D eigenvalue weighted by Crippen LogP contribution is -2.28. The molecule has 0 atom stereocenters. The van der Waals surface area contributed by atoms with Gasteiger partial charge in [-0.1, -0.05) is 19.4 Å². The molecule has 0 radical (unpaired) electrons. The molecule has 0 aliphatic carbocycles.